The van der Waals surface area contributed by atoms with Crippen molar-refractivity contribution < 1.29 is 14.0 Å². The third-order valence-corrected chi connectivity index (χ3v) is 4.81. The van der Waals surface area contributed by atoms with Crippen molar-refractivity contribution in [2.75, 3.05) is 0 Å². The Morgan fingerprint density at radius 1 is 1.30 bits per heavy atom. The summed E-state index contributed by atoms with van der Waals surface area (Å²) in [6.45, 7) is 0.581. The van der Waals surface area contributed by atoms with E-state index in [2.05, 4.69) is 5.32 Å². The fraction of sp³-hybridized carbons (Fsp3) is 0.294. The van der Waals surface area contributed by atoms with Gasteiger partial charge in [-0.15, -0.1) is 11.3 Å². The van der Waals surface area contributed by atoms with Gasteiger partial charge in [-0.1, -0.05) is 24.3 Å². The zero-order valence-electron chi connectivity index (χ0n) is 12.5. The summed E-state index contributed by atoms with van der Waals surface area (Å²) in [5, 5.41) is 4.69. The summed E-state index contributed by atoms with van der Waals surface area (Å²) in [5.74, 6) is -0.578. The normalized spacial score (nSPS) is 17.5. The Labute approximate surface area is 137 Å². The standard InChI is InChI=1S/C17H17FN2O2S/c18-14-6-2-1-4-12(14)10-19-17(22)15-7-8-16(21)20(15)11-13-5-3-9-23-13/h1-6,9,15H,7-8,10-11H2,(H,19,22)/t15-/m0/s1. The smallest absolute Gasteiger partial charge is 0.243 e. The molecule has 0 aliphatic carbocycles. The summed E-state index contributed by atoms with van der Waals surface area (Å²) in [6, 6.07) is 9.74. The van der Waals surface area contributed by atoms with Crippen LogP contribution in [0.1, 0.15) is 23.3 Å². The molecule has 0 spiro atoms. The molecule has 2 amide bonds. The number of rotatable bonds is 5. The molecule has 1 N–H and O–H groups in total. The average molecular weight is 332 g/mol. The van der Waals surface area contributed by atoms with Crippen molar-refractivity contribution in [2.24, 2.45) is 0 Å². The number of halogens is 1. The molecule has 3 rings (SSSR count). The second kappa shape index (κ2) is 6.91. The lowest BCUT2D eigenvalue weighted by Crippen LogP contribution is -2.44. The summed E-state index contributed by atoms with van der Waals surface area (Å²) in [4.78, 5) is 27.1. The van der Waals surface area contributed by atoms with Gasteiger partial charge in [0.25, 0.3) is 0 Å². The minimum absolute atomic E-state index is 0.00978. The predicted octanol–water partition coefficient (Wildman–Crippen LogP) is 2.69. The highest BCUT2D eigenvalue weighted by atomic mass is 32.1. The van der Waals surface area contributed by atoms with Crippen LogP contribution in [0.4, 0.5) is 4.39 Å². The van der Waals surface area contributed by atoms with E-state index in [1.54, 1.807) is 34.4 Å². The Hall–Kier alpha value is -2.21. The molecule has 0 unspecified atom stereocenters. The van der Waals surface area contributed by atoms with Gasteiger partial charge in [0.2, 0.25) is 11.8 Å². The summed E-state index contributed by atoms with van der Waals surface area (Å²) in [5.41, 5.74) is 0.440. The first kappa shape index (κ1) is 15.7. The number of carbonyl (C=O) groups excluding carboxylic acids is 2. The Morgan fingerprint density at radius 2 is 2.13 bits per heavy atom. The third-order valence-electron chi connectivity index (χ3n) is 3.95. The number of benzene rings is 1. The maximum Gasteiger partial charge on any atom is 0.243 e. The van der Waals surface area contributed by atoms with Crippen molar-refractivity contribution in [3.63, 3.8) is 0 Å². The summed E-state index contributed by atoms with van der Waals surface area (Å²) in [6.07, 6.45) is 0.885. The van der Waals surface area contributed by atoms with Crippen LogP contribution in [-0.2, 0) is 22.7 Å². The molecule has 120 valence electrons. The predicted molar refractivity (Wildman–Crippen MR) is 86.1 cm³/mol. The quantitative estimate of drug-likeness (QED) is 0.915. The third kappa shape index (κ3) is 3.59. The molecule has 2 heterocycles. The molecule has 1 aliphatic rings. The van der Waals surface area contributed by atoms with Crippen LogP contribution in [0.25, 0.3) is 0 Å². The van der Waals surface area contributed by atoms with E-state index >= 15 is 0 Å². The van der Waals surface area contributed by atoms with Gasteiger partial charge in [0.15, 0.2) is 0 Å². The first-order chi connectivity index (χ1) is 11.1. The van der Waals surface area contributed by atoms with Crippen LogP contribution in [0, 0.1) is 5.82 Å². The molecule has 0 radical (unpaired) electrons. The number of nitrogens with zero attached hydrogens (tertiary/aromatic N) is 1. The number of hydrogen-bond acceptors (Lipinski definition) is 3. The topological polar surface area (TPSA) is 49.4 Å². The van der Waals surface area contributed by atoms with E-state index < -0.39 is 6.04 Å². The molecule has 0 saturated carbocycles. The number of likely N-dealkylation sites (tertiary alicyclic amines) is 1. The molecule has 6 heteroatoms. The van der Waals surface area contributed by atoms with Gasteiger partial charge in [-0.3, -0.25) is 9.59 Å². The van der Waals surface area contributed by atoms with Gasteiger partial charge >= 0.3 is 0 Å². The lowest BCUT2D eigenvalue weighted by Gasteiger charge is -2.23. The van der Waals surface area contributed by atoms with Crippen molar-refractivity contribution in [1.29, 1.82) is 0 Å². The van der Waals surface area contributed by atoms with E-state index in [-0.39, 0.29) is 24.2 Å². The summed E-state index contributed by atoms with van der Waals surface area (Å²) in [7, 11) is 0. The number of nitrogens with one attached hydrogen (secondary N) is 1. The van der Waals surface area contributed by atoms with E-state index in [0.717, 1.165) is 4.88 Å². The van der Waals surface area contributed by atoms with Gasteiger partial charge in [-0.25, -0.2) is 4.39 Å². The monoisotopic (exact) mass is 332 g/mol. The number of hydrogen-bond donors (Lipinski definition) is 1. The fourth-order valence-electron chi connectivity index (χ4n) is 2.72. The molecular weight excluding hydrogens is 315 g/mol. The second-order valence-corrected chi connectivity index (χ2v) is 6.50. The Kier molecular flexibility index (Phi) is 4.71. The molecular formula is C17H17FN2O2S. The Balaban J connectivity index is 1.63. The van der Waals surface area contributed by atoms with Crippen molar-refractivity contribution in [1.82, 2.24) is 10.2 Å². The zero-order valence-corrected chi connectivity index (χ0v) is 13.3. The van der Waals surface area contributed by atoms with E-state index in [9.17, 15) is 14.0 Å². The van der Waals surface area contributed by atoms with Gasteiger partial charge in [0, 0.05) is 23.4 Å². The highest BCUT2D eigenvalue weighted by molar-refractivity contribution is 7.09. The minimum atomic E-state index is -0.476. The second-order valence-electron chi connectivity index (χ2n) is 5.46. The SMILES string of the molecule is O=C(NCc1ccccc1F)[C@@H]1CCC(=O)N1Cc1cccs1. The molecule has 4 nitrogen and oxygen atoms in total. The van der Waals surface area contributed by atoms with Gasteiger partial charge in [0.1, 0.15) is 11.9 Å². The molecule has 1 aromatic heterocycles. The van der Waals surface area contributed by atoms with Crippen LogP contribution in [0.2, 0.25) is 0 Å². The van der Waals surface area contributed by atoms with Crippen LogP contribution in [0.5, 0.6) is 0 Å². The van der Waals surface area contributed by atoms with Crippen molar-refractivity contribution in [2.45, 2.75) is 32.0 Å². The molecule has 1 aromatic carbocycles. The number of carbonyl (C=O) groups is 2. The molecule has 0 bridgehead atoms. The summed E-state index contributed by atoms with van der Waals surface area (Å²) < 4.78 is 13.6. The Morgan fingerprint density at radius 3 is 2.87 bits per heavy atom. The van der Waals surface area contributed by atoms with E-state index in [1.165, 1.54) is 6.07 Å². The van der Waals surface area contributed by atoms with E-state index in [0.29, 0.717) is 24.9 Å². The van der Waals surface area contributed by atoms with Gasteiger partial charge in [-0.2, -0.15) is 0 Å². The molecule has 23 heavy (non-hydrogen) atoms. The zero-order chi connectivity index (χ0) is 16.2. The Bertz CT molecular complexity index is 702. The molecule has 1 fully saturated rings. The number of amides is 2. The maximum atomic E-state index is 13.6. The van der Waals surface area contributed by atoms with Gasteiger partial charge in [0.05, 0.1) is 6.54 Å². The van der Waals surface area contributed by atoms with Crippen LogP contribution in [0.3, 0.4) is 0 Å². The van der Waals surface area contributed by atoms with Crippen molar-refractivity contribution in [3.8, 4) is 0 Å². The highest BCUT2D eigenvalue weighted by Gasteiger charge is 2.35. The van der Waals surface area contributed by atoms with E-state index in [1.807, 2.05) is 17.5 Å². The molecule has 2 aromatic rings. The maximum absolute atomic E-state index is 13.6. The van der Waals surface area contributed by atoms with Crippen molar-refractivity contribution >= 4 is 23.2 Å². The highest BCUT2D eigenvalue weighted by Crippen LogP contribution is 2.23. The fourth-order valence-corrected chi connectivity index (χ4v) is 3.42. The van der Waals surface area contributed by atoms with Crippen LogP contribution < -0.4 is 5.32 Å². The van der Waals surface area contributed by atoms with Crippen LogP contribution in [-0.4, -0.2) is 22.8 Å². The van der Waals surface area contributed by atoms with Crippen LogP contribution in [0.15, 0.2) is 41.8 Å². The lowest BCUT2D eigenvalue weighted by molar-refractivity contribution is -0.135. The molecule has 1 saturated heterocycles. The largest absolute Gasteiger partial charge is 0.350 e. The average Bonchev–Trinajstić information content (AvgIpc) is 3.18. The van der Waals surface area contributed by atoms with Crippen LogP contribution >= 0.6 is 11.3 Å². The minimum Gasteiger partial charge on any atom is -0.350 e. The van der Waals surface area contributed by atoms with Gasteiger partial charge < -0.3 is 10.2 Å². The summed E-state index contributed by atoms with van der Waals surface area (Å²) >= 11 is 1.56. The molecule has 1 atom stereocenters. The van der Waals surface area contributed by atoms with Gasteiger partial charge in [-0.05, 0) is 23.9 Å². The first-order valence-corrected chi connectivity index (χ1v) is 8.36. The number of thiophene rings is 1. The van der Waals surface area contributed by atoms with E-state index in [4.69, 9.17) is 0 Å². The van der Waals surface area contributed by atoms with Crippen molar-refractivity contribution in [3.05, 3.63) is 58.0 Å². The first-order valence-electron chi connectivity index (χ1n) is 7.48. The lowest BCUT2D eigenvalue weighted by atomic mass is 10.1. The molecule has 1 aliphatic heterocycles.